The monoisotopic (exact) mass is 249 g/mol. The van der Waals surface area contributed by atoms with Gasteiger partial charge in [0.05, 0.1) is 17.1 Å². The van der Waals surface area contributed by atoms with Crippen molar-refractivity contribution in [2.24, 2.45) is 0 Å². The quantitative estimate of drug-likeness (QED) is 0.902. The molecule has 2 heterocycles. The molecule has 0 spiro atoms. The molecule has 0 bridgehead atoms. The Morgan fingerprint density at radius 2 is 2.29 bits per heavy atom. The maximum absolute atomic E-state index is 11.6. The van der Waals surface area contributed by atoms with Gasteiger partial charge in [-0.1, -0.05) is 11.6 Å². The first-order chi connectivity index (χ1) is 8.20. The van der Waals surface area contributed by atoms with Crippen molar-refractivity contribution in [3.8, 4) is 0 Å². The zero-order valence-electron chi connectivity index (χ0n) is 9.19. The minimum absolute atomic E-state index is 0.0435. The van der Waals surface area contributed by atoms with E-state index in [1.807, 2.05) is 16.7 Å². The molecule has 1 fully saturated rings. The largest absolute Gasteiger partial charge is 0.353 e. The summed E-state index contributed by atoms with van der Waals surface area (Å²) in [7, 11) is 0. The number of hydrogen-bond donors (Lipinski definition) is 1. The molecule has 0 aliphatic heterocycles. The summed E-state index contributed by atoms with van der Waals surface area (Å²) in [6, 6.07) is 4.02. The van der Waals surface area contributed by atoms with Crippen LogP contribution in [-0.2, 0) is 11.2 Å². The molecular formula is C12H12ClN3O. The third-order valence-electron chi connectivity index (χ3n) is 2.75. The standard InChI is InChI=1S/C12H12ClN3O/c13-8-1-4-11-14-10(7-16(11)6-8)5-12(17)15-9-2-3-9/h1,4,6-7,9H,2-3,5H2,(H,15,17). The Bertz CT molecular complexity index is 574. The van der Waals surface area contributed by atoms with Gasteiger partial charge >= 0.3 is 0 Å². The van der Waals surface area contributed by atoms with Gasteiger partial charge in [0, 0.05) is 18.4 Å². The fourth-order valence-electron chi connectivity index (χ4n) is 1.77. The average Bonchev–Trinajstić information content (AvgIpc) is 2.97. The van der Waals surface area contributed by atoms with Crippen LogP contribution in [0.5, 0.6) is 0 Å². The first-order valence-corrected chi connectivity index (χ1v) is 6.01. The fourth-order valence-corrected chi connectivity index (χ4v) is 1.94. The lowest BCUT2D eigenvalue weighted by molar-refractivity contribution is -0.120. The lowest BCUT2D eigenvalue weighted by Crippen LogP contribution is -2.27. The topological polar surface area (TPSA) is 46.4 Å². The van der Waals surface area contributed by atoms with Crippen molar-refractivity contribution in [1.82, 2.24) is 14.7 Å². The Labute approximate surface area is 104 Å². The zero-order valence-corrected chi connectivity index (χ0v) is 9.94. The summed E-state index contributed by atoms with van der Waals surface area (Å²) in [6.07, 6.45) is 6.16. The van der Waals surface area contributed by atoms with Crippen molar-refractivity contribution >= 4 is 23.2 Å². The van der Waals surface area contributed by atoms with E-state index in [-0.39, 0.29) is 5.91 Å². The van der Waals surface area contributed by atoms with Gasteiger partial charge in [0.1, 0.15) is 5.65 Å². The Kier molecular flexibility index (Phi) is 2.52. The third-order valence-corrected chi connectivity index (χ3v) is 2.97. The van der Waals surface area contributed by atoms with Crippen molar-refractivity contribution in [2.75, 3.05) is 0 Å². The summed E-state index contributed by atoms with van der Waals surface area (Å²) < 4.78 is 1.84. The van der Waals surface area contributed by atoms with Gasteiger partial charge in [-0.05, 0) is 25.0 Å². The van der Waals surface area contributed by atoms with Gasteiger partial charge in [0.2, 0.25) is 5.91 Å². The maximum atomic E-state index is 11.6. The molecule has 1 aliphatic carbocycles. The average molecular weight is 250 g/mol. The number of imidazole rings is 1. The zero-order chi connectivity index (χ0) is 11.8. The number of carbonyl (C=O) groups excluding carboxylic acids is 1. The molecule has 4 nitrogen and oxygen atoms in total. The summed E-state index contributed by atoms with van der Waals surface area (Å²) in [5.41, 5.74) is 1.58. The molecule has 0 aromatic carbocycles. The van der Waals surface area contributed by atoms with Crippen molar-refractivity contribution in [3.05, 3.63) is 35.2 Å². The van der Waals surface area contributed by atoms with Crippen LogP contribution in [0.3, 0.4) is 0 Å². The highest BCUT2D eigenvalue weighted by molar-refractivity contribution is 6.30. The van der Waals surface area contributed by atoms with Crippen molar-refractivity contribution in [2.45, 2.75) is 25.3 Å². The molecule has 17 heavy (non-hydrogen) atoms. The summed E-state index contributed by atoms with van der Waals surface area (Å²) in [5.74, 6) is 0.0435. The third kappa shape index (κ3) is 2.42. The molecule has 5 heteroatoms. The number of fused-ring (bicyclic) bond motifs is 1. The lowest BCUT2D eigenvalue weighted by atomic mass is 10.3. The molecule has 1 saturated carbocycles. The predicted molar refractivity (Wildman–Crippen MR) is 65.1 cm³/mol. The molecule has 0 radical (unpaired) electrons. The van der Waals surface area contributed by atoms with Crippen molar-refractivity contribution in [1.29, 1.82) is 0 Å². The number of aromatic nitrogens is 2. The van der Waals surface area contributed by atoms with Gasteiger partial charge in [-0.2, -0.15) is 0 Å². The molecule has 1 aliphatic rings. The molecule has 1 N–H and O–H groups in total. The van der Waals surface area contributed by atoms with Crippen molar-refractivity contribution < 1.29 is 4.79 Å². The molecule has 88 valence electrons. The molecule has 1 amide bonds. The second-order valence-corrected chi connectivity index (χ2v) is 4.80. The summed E-state index contributed by atoms with van der Waals surface area (Å²) in [4.78, 5) is 16.0. The molecular weight excluding hydrogens is 238 g/mol. The van der Waals surface area contributed by atoms with Crippen LogP contribution in [0.25, 0.3) is 5.65 Å². The summed E-state index contributed by atoms with van der Waals surface area (Å²) in [6.45, 7) is 0. The van der Waals surface area contributed by atoms with Crippen LogP contribution in [0.4, 0.5) is 0 Å². The molecule has 0 unspecified atom stereocenters. The van der Waals surface area contributed by atoms with Crippen molar-refractivity contribution in [3.63, 3.8) is 0 Å². The van der Waals surface area contributed by atoms with Crippen LogP contribution in [0, 0.1) is 0 Å². The van der Waals surface area contributed by atoms with Crippen LogP contribution < -0.4 is 5.32 Å². The molecule has 0 saturated heterocycles. The molecule has 2 aromatic rings. The van der Waals surface area contributed by atoms with Crippen LogP contribution in [0.2, 0.25) is 5.02 Å². The van der Waals surface area contributed by atoms with E-state index in [1.165, 1.54) is 0 Å². The minimum Gasteiger partial charge on any atom is -0.353 e. The number of halogens is 1. The highest BCUT2D eigenvalue weighted by Gasteiger charge is 2.23. The molecule has 0 atom stereocenters. The van der Waals surface area contributed by atoms with E-state index >= 15 is 0 Å². The van der Waals surface area contributed by atoms with E-state index in [9.17, 15) is 4.79 Å². The first kappa shape index (κ1) is 10.6. The van der Waals surface area contributed by atoms with Crippen LogP contribution in [0.1, 0.15) is 18.5 Å². The van der Waals surface area contributed by atoms with Gasteiger partial charge < -0.3 is 9.72 Å². The first-order valence-electron chi connectivity index (χ1n) is 5.63. The lowest BCUT2D eigenvalue weighted by Gasteiger charge is -1.99. The second-order valence-electron chi connectivity index (χ2n) is 4.36. The highest BCUT2D eigenvalue weighted by atomic mass is 35.5. The van der Waals surface area contributed by atoms with Crippen LogP contribution >= 0.6 is 11.6 Å². The number of rotatable bonds is 3. The van der Waals surface area contributed by atoms with Gasteiger partial charge in [0.15, 0.2) is 0 Å². The van der Waals surface area contributed by atoms with E-state index in [0.717, 1.165) is 24.2 Å². The number of nitrogens with zero attached hydrogens (tertiary/aromatic N) is 2. The SMILES string of the molecule is O=C(Cc1cn2cc(Cl)ccc2n1)NC1CC1. The number of amides is 1. The Morgan fingerprint density at radius 1 is 1.47 bits per heavy atom. The minimum atomic E-state index is 0.0435. The van der Waals surface area contributed by atoms with E-state index in [4.69, 9.17) is 11.6 Å². The number of nitrogens with one attached hydrogen (secondary N) is 1. The Morgan fingerprint density at radius 3 is 3.06 bits per heavy atom. The number of hydrogen-bond acceptors (Lipinski definition) is 2. The smallest absolute Gasteiger partial charge is 0.226 e. The van der Waals surface area contributed by atoms with Gasteiger partial charge in [-0.25, -0.2) is 4.98 Å². The highest BCUT2D eigenvalue weighted by Crippen LogP contribution is 2.18. The van der Waals surface area contributed by atoms with Gasteiger partial charge in [-0.3, -0.25) is 4.79 Å². The Hall–Kier alpha value is -1.55. The summed E-state index contributed by atoms with van der Waals surface area (Å²) in [5, 5.41) is 3.60. The van der Waals surface area contributed by atoms with E-state index < -0.39 is 0 Å². The van der Waals surface area contributed by atoms with Gasteiger partial charge in [-0.15, -0.1) is 0 Å². The maximum Gasteiger partial charge on any atom is 0.226 e. The fraction of sp³-hybridized carbons (Fsp3) is 0.333. The second kappa shape index (κ2) is 4.04. The predicted octanol–water partition coefficient (Wildman–Crippen LogP) is 1.81. The Balaban J connectivity index is 1.77. The van der Waals surface area contributed by atoms with Crippen LogP contribution in [0.15, 0.2) is 24.5 Å². The molecule has 2 aromatic heterocycles. The van der Waals surface area contributed by atoms with E-state index in [0.29, 0.717) is 17.5 Å². The van der Waals surface area contributed by atoms with E-state index in [1.54, 1.807) is 12.3 Å². The normalized spacial score (nSPS) is 15.1. The van der Waals surface area contributed by atoms with E-state index in [2.05, 4.69) is 10.3 Å². The molecule has 3 rings (SSSR count). The van der Waals surface area contributed by atoms with Gasteiger partial charge in [0.25, 0.3) is 0 Å². The number of pyridine rings is 1. The summed E-state index contributed by atoms with van der Waals surface area (Å²) >= 11 is 5.88. The van der Waals surface area contributed by atoms with Crippen LogP contribution in [-0.4, -0.2) is 21.3 Å². The number of carbonyl (C=O) groups is 1.